The molecule has 0 saturated carbocycles. The van der Waals surface area contributed by atoms with E-state index in [-0.39, 0.29) is 5.41 Å². The van der Waals surface area contributed by atoms with Crippen LogP contribution in [-0.2, 0) is 5.41 Å². The van der Waals surface area contributed by atoms with Crippen molar-refractivity contribution < 1.29 is 5.11 Å². The van der Waals surface area contributed by atoms with Crippen molar-refractivity contribution in [3.05, 3.63) is 76.9 Å². The van der Waals surface area contributed by atoms with E-state index in [1.165, 1.54) is 27.8 Å². The summed E-state index contributed by atoms with van der Waals surface area (Å²) in [5, 5.41) is 11.0. The summed E-state index contributed by atoms with van der Waals surface area (Å²) >= 11 is 0. The average molecular weight is 371 g/mol. The van der Waals surface area contributed by atoms with Crippen molar-refractivity contribution in [2.75, 3.05) is 0 Å². The molecule has 0 atom stereocenters. The van der Waals surface area contributed by atoms with E-state index in [9.17, 15) is 5.11 Å². The number of phenols is 1. The van der Waals surface area contributed by atoms with E-state index < -0.39 is 0 Å². The number of fused-ring (bicyclic) bond motifs is 3. The Bertz CT molecular complexity index is 1040. The molecule has 0 heterocycles. The molecule has 0 amide bonds. The smallest absolute Gasteiger partial charge is 0.126 e. The zero-order valence-corrected chi connectivity index (χ0v) is 17.6. The summed E-state index contributed by atoms with van der Waals surface area (Å²) in [4.78, 5) is 0. The van der Waals surface area contributed by atoms with Gasteiger partial charge in [0.1, 0.15) is 5.75 Å². The van der Waals surface area contributed by atoms with Gasteiger partial charge in [-0.15, -0.1) is 0 Å². The fourth-order valence-electron chi connectivity index (χ4n) is 5.10. The number of benzene rings is 3. The van der Waals surface area contributed by atoms with Crippen LogP contribution in [0.4, 0.5) is 0 Å². The Kier molecular flexibility index (Phi) is 4.57. The Balaban J connectivity index is 1.96. The molecule has 0 fully saturated rings. The minimum absolute atomic E-state index is 0.0578. The molecule has 0 unspecified atom stereocenters. The van der Waals surface area contributed by atoms with E-state index in [0.717, 1.165) is 29.5 Å². The molecule has 0 aromatic heterocycles. The quantitative estimate of drug-likeness (QED) is 0.502. The van der Waals surface area contributed by atoms with Gasteiger partial charge in [-0.05, 0) is 76.8 Å². The van der Waals surface area contributed by atoms with Crippen LogP contribution in [0.2, 0.25) is 0 Å². The summed E-state index contributed by atoms with van der Waals surface area (Å²) in [5.74, 6) is 0.720. The van der Waals surface area contributed by atoms with Crippen molar-refractivity contribution in [2.45, 2.75) is 58.8 Å². The fourth-order valence-corrected chi connectivity index (χ4v) is 5.10. The SMILES string of the molecule is CCC1(CC)c2ccccc2-c2ccc(-c3cc(C)cc(C(C)C)c3O)cc21. The first-order valence-electron chi connectivity index (χ1n) is 10.5. The van der Waals surface area contributed by atoms with Crippen LogP contribution in [0.25, 0.3) is 22.3 Å². The van der Waals surface area contributed by atoms with Gasteiger partial charge in [-0.25, -0.2) is 0 Å². The monoisotopic (exact) mass is 370 g/mol. The number of phenolic OH excluding ortho intramolecular Hbond substituents is 1. The van der Waals surface area contributed by atoms with Crippen molar-refractivity contribution >= 4 is 0 Å². The predicted octanol–water partition coefficient (Wildman–Crippen LogP) is 7.58. The lowest BCUT2D eigenvalue weighted by atomic mass is 9.73. The molecule has 1 nitrogen and oxygen atoms in total. The Morgan fingerprint density at radius 2 is 1.50 bits per heavy atom. The largest absolute Gasteiger partial charge is 0.507 e. The molecule has 1 heteroatoms. The first-order valence-corrected chi connectivity index (χ1v) is 10.5. The molecule has 1 N–H and O–H groups in total. The lowest BCUT2D eigenvalue weighted by Gasteiger charge is -2.30. The van der Waals surface area contributed by atoms with Crippen LogP contribution >= 0.6 is 0 Å². The maximum atomic E-state index is 11.0. The Morgan fingerprint density at radius 3 is 2.18 bits per heavy atom. The lowest BCUT2D eigenvalue weighted by Crippen LogP contribution is -2.23. The first-order chi connectivity index (χ1) is 13.4. The third kappa shape index (κ3) is 2.60. The van der Waals surface area contributed by atoms with E-state index >= 15 is 0 Å². The van der Waals surface area contributed by atoms with Gasteiger partial charge in [0.15, 0.2) is 0 Å². The molecule has 28 heavy (non-hydrogen) atoms. The highest BCUT2D eigenvalue weighted by Gasteiger charge is 2.40. The Morgan fingerprint density at radius 1 is 0.821 bits per heavy atom. The minimum Gasteiger partial charge on any atom is -0.507 e. The Hall–Kier alpha value is -2.54. The van der Waals surface area contributed by atoms with E-state index in [0.29, 0.717) is 11.7 Å². The van der Waals surface area contributed by atoms with Gasteiger partial charge < -0.3 is 5.11 Å². The maximum Gasteiger partial charge on any atom is 0.126 e. The lowest BCUT2D eigenvalue weighted by molar-refractivity contribution is 0.466. The van der Waals surface area contributed by atoms with Crippen LogP contribution in [0.15, 0.2) is 54.6 Å². The van der Waals surface area contributed by atoms with Crippen LogP contribution in [0.5, 0.6) is 5.75 Å². The molecule has 0 aliphatic heterocycles. The summed E-state index contributed by atoms with van der Waals surface area (Å²) < 4.78 is 0. The summed E-state index contributed by atoms with van der Waals surface area (Å²) in [6.07, 6.45) is 2.15. The molecule has 1 aliphatic rings. The van der Waals surface area contributed by atoms with Crippen LogP contribution < -0.4 is 0 Å². The Labute approximate surface area is 169 Å². The first kappa shape index (κ1) is 18.8. The molecule has 1 aliphatic carbocycles. The average Bonchev–Trinajstić information content (AvgIpc) is 2.99. The van der Waals surface area contributed by atoms with Gasteiger partial charge in [0, 0.05) is 11.0 Å². The summed E-state index contributed by atoms with van der Waals surface area (Å²) in [5.41, 5.74) is 9.90. The highest BCUT2D eigenvalue weighted by Crippen LogP contribution is 2.53. The van der Waals surface area contributed by atoms with Gasteiger partial charge in [-0.1, -0.05) is 70.2 Å². The van der Waals surface area contributed by atoms with Gasteiger partial charge in [0.2, 0.25) is 0 Å². The van der Waals surface area contributed by atoms with E-state index in [2.05, 4.69) is 89.2 Å². The van der Waals surface area contributed by atoms with E-state index in [1.807, 2.05) is 0 Å². The summed E-state index contributed by atoms with van der Waals surface area (Å²) in [7, 11) is 0. The zero-order chi connectivity index (χ0) is 20.1. The predicted molar refractivity (Wildman–Crippen MR) is 119 cm³/mol. The van der Waals surface area contributed by atoms with Crippen molar-refractivity contribution in [1.29, 1.82) is 0 Å². The van der Waals surface area contributed by atoms with Crippen molar-refractivity contribution in [1.82, 2.24) is 0 Å². The second kappa shape index (κ2) is 6.81. The zero-order valence-electron chi connectivity index (χ0n) is 17.6. The van der Waals surface area contributed by atoms with Crippen LogP contribution in [0, 0.1) is 6.92 Å². The van der Waals surface area contributed by atoms with Crippen LogP contribution in [0.1, 0.15) is 68.7 Å². The molecule has 0 spiro atoms. The molecular weight excluding hydrogens is 340 g/mol. The second-order valence-electron chi connectivity index (χ2n) is 8.50. The number of rotatable bonds is 4. The number of aryl methyl sites for hydroxylation is 1. The topological polar surface area (TPSA) is 20.2 Å². The molecule has 3 aromatic rings. The number of hydrogen-bond donors (Lipinski definition) is 1. The minimum atomic E-state index is 0.0578. The number of hydrogen-bond acceptors (Lipinski definition) is 1. The highest BCUT2D eigenvalue weighted by molar-refractivity contribution is 5.85. The third-order valence-corrected chi connectivity index (χ3v) is 6.69. The van der Waals surface area contributed by atoms with E-state index in [1.54, 1.807) is 0 Å². The normalized spacial score (nSPS) is 14.2. The third-order valence-electron chi connectivity index (χ3n) is 6.69. The van der Waals surface area contributed by atoms with Crippen molar-refractivity contribution in [2.24, 2.45) is 0 Å². The van der Waals surface area contributed by atoms with E-state index in [4.69, 9.17) is 0 Å². The molecule has 4 rings (SSSR count). The molecule has 0 bridgehead atoms. The van der Waals surface area contributed by atoms with Gasteiger partial charge in [-0.2, -0.15) is 0 Å². The molecular formula is C27H30O. The van der Waals surface area contributed by atoms with Crippen molar-refractivity contribution in [3.63, 3.8) is 0 Å². The standard InChI is InChI=1S/C27H30O/c1-6-27(7-2)24-11-9-8-10-20(24)21-13-12-19(16-25(21)27)23-15-18(5)14-22(17(3)4)26(23)28/h8-17,28H,6-7H2,1-5H3. The fraction of sp³-hybridized carbons (Fsp3) is 0.333. The highest BCUT2D eigenvalue weighted by atomic mass is 16.3. The van der Waals surface area contributed by atoms with Gasteiger partial charge in [0.25, 0.3) is 0 Å². The molecule has 144 valence electrons. The summed E-state index contributed by atoms with van der Waals surface area (Å²) in [6, 6.07) is 19.8. The number of aromatic hydroxyl groups is 1. The molecule has 0 saturated heterocycles. The molecule has 0 radical (unpaired) electrons. The molecule has 3 aromatic carbocycles. The maximum absolute atomic E-state index is 11.0. The van der Waals surface area contributed by atoms with Crippen LogP contribution in [-0.4, -0.2) is 5.11 Å². The second-order valence-corrected chi connectivity index (χ2v) is 8.50. The van der Waals surface area contributed by atoms with Gasteiger partial charge >= 0.3 is 0 Å². The summed E-state index contributed by atoms with van der Waals surface area (Å²) in [6.45, 7) is 11.0. The van der Waals surface area contributed by atoms with Crippen LogP contribution in [0.3, 0.4) is 0 Å². The van der Waals surface area contributed by atoms with Gasteiger partial charge in [0.05, 0.1) is 0 Å². The van der Waals surface area contributed by atoms with Gasteiger partial charge in [-0.3, -0.25) is 0 Å². The van der Waals surface area contributed by atoms with Crippen molar-refractivity contribution in [3.8, 4) is 28.0 Å².